The second kappa shape index (κ2) is 6.41. The molecule has 0 spiro atoms. The number of rotatable bonds is 4. The Bertz CT molecular complexity index is 341. The number of amides is 1. The number of carbonyl (C=O) groups excluding carboxylic acids is 1. The van der Waals surface area contributed by atoms with Crippen molar-refractivity contribution in [3.8, 4) is 0 Å². The fourth-order valence-electron chi connectivity index (χ4n) is 3.26. The van der Waals surface area contributed by atoms with Crippen LogP contribution in [0.4, 0.5) is 0 Å². The van der Waals surface area contributed by atoms with E-state index < -0.39 is 0 Å². The highest BCUT2D eigenvalue weighted by Crippen LogP contribution is 2.30. The Morgan fingerprint density at radius 1 is 1.25 bits per heavy atom. The molecule has 2 saturated heterocycles. The number of likely N-dealkylation sites (tertiary alicyclic amines) is 1. The van der Waals surface area contributed by atoms with E-state index in [2.05, 4.69) is 30.6 Å². The van der Waals surface area contributed by atoms with Crippen molar-refractivity contribution in [1.29, 1.82) is 0 Å². The van der Waals surface area contributed by atoms with Gasteiger partial charge in [-0.2, -0.15) is 0 Å². The van der Waals surface area contributed by atoms with Crippen LogP contribution >= 0.6 is 0 Å². The van der Waals surface area contributed by atoms with Gasteiger partial charge in [-0.1, -0.05) is 13.8 Å². The molecule has 2 aliphatic rings. The fourth-order valence-corrected chi connectivity index (χ4v) is 3.26. The maximum absolute atomic E-state index is 12.6. The number of likely N-dealkylation sites (N-methyl/N-ethyl adjacent to an activating group) is 1. The molecule has 20 heavy (non-hydrogen) atoms. The topological polar surface area (TPSA) is 52.8 Å². The summed E-state index contributed by atoms with van der Waals surface area (Å²) in [4.78, 5) is 19.4. The molecule has 2 rings (SSSR count). The van der Waals surface area contributed by atoms with E-state index >= 15 is 0 Å². The van der Waals surface area contributed by atoms with Gasteiger partial charge in [0.15, 0.2) is 0 Å². The van der Waals surface area contributed by atoms with E-state index in [4.69, 9.17) is 5.73 Å². The Balaban J connectivity index is 1.87. The van der Waals surface area contributed by atoms with Gasteiger partial charge in [0.2, 0.25) is 5.91 Å². The Labute approximate surface area is 123 Å². The number of hydrogen-bond acceptors (Lipinski definition) is 4. The van der Waals surface area contributed by atoms with Crippen LogP contribution in [0.3, 0.4) is 0 Å². The lowest BCUT2D eigenvalue weighted by molar-refractivity contribution is -0.137. The van der Waals surface area contributed by atoms with Crippen molar-refractivity contribution < 1.29 is 4.79 Å². The van der Waals surface area contributed by atoms with Crippen molar-refractivity contribution in [2.75, 3.05) is 52.4 Å². The van der Waals surface area contributed by atoms with Gasteiger partial charge >= 0.3 is 0 Å². The van der Waals surface area contributed by atoms with E-state index in [1.54, 1.807) is 0 Å². The van der Waals surface area contributed by atoms with Crippen LogP contribution in [0.2, 0.25) is 0 Å². The molecule has 0 aliphatic carbocycles. The quantitative estimate of drug-likeness (QED) is 0.801. The largest absolute Gasteiger partial charge is 0.339 e. The number of hydrogen-bond donors (Lipinski definition) is 1. The lowest BCUT2D eigenvalue weighted by Crippen LogP contribution is -2.54. The molecule has 0 radical (unpaired) electrons. The number of nitrogens with zero attached hydrogens (tertiary/aromatic N) is 3. The molecule has 5 heteroatoms. The normalized spacial score (nSPS) is 30.7. The highest BCUT2D eigenvalue weighted by molar-refractivity contribution is 5.81. The van der Waals surface area contributed by atoms with E-state index in [1.165, 1.54) is 0 Å². The summed E-state index contributed by atoms with van der Waals surface area (Å²) in [6, 6.07) is -0.00319. The Morgan fingerprint density at radius 2 is 1.90 bits per heavy atom. The van der Waals surface area contributed by atoms with Crippen LogP contribution in [0.1, 0.15) is 27.2 Å². The predicted octanol–water partition coefficient (Wildman–Crippen LogP) is 0.210. The second-order valence-electron chi connectivity index (χ2n) is 6.67. The smallest absolute Gasteiger partial charge is 0.239 e. The van der Waals surface area contributed by atoms with E-state index in [0.717, 1.165) is 52.2 Å². The molecular formula is C15H30N4O. The summed E-state index contributed by atoms with van der Waals surface area (Å²) in [5.74, 6) is 0.294. The molecule has 1 amide bonds. The number of nitrogens with two attached hydrogens (primary N) is 1. The summed E-state index contributed by atoms with van der Waals surface area (Å²) >= 11 is 0. The van der Waals surface area contributed by atoms with Crippen LogP contribution in [-0.4, -0.2) is 79.0 Å². The maximum atomic E-state index is 12.6. The molecule has 2 heterocycles. The minimum atomic E-state index is -0.00319. The summed E-state index contributed by atoms with van der Waals surface area (Å²) in [5, 5.41) is 0. The molecule has 0 saturated carbocycles. The third kappa shape index (κ3) is 3.32. The van der Waals surface area contributed by atoms with Crippen LogP contribution in [0.25, 0.3) is 0 Å². The summed E-state index contributed by atoms with van der Waals surface area (Å²) in [6.07, 6.45) is 1.10. The fraction of sp³-hybridized carbons (Fsp3) is 0.933. The Kier molecular flexibility index (Phi) is 5.04. The molecule has 2 N–H and O–H groups in total. The SMILES string of the molecule is CCN1CCN(C(=O)C(C)N2CCC(C)(CN)C2)CC1. The molecule has 2 aliphatic heterocycles. The molecule has 2 unspecified atom stereocenters. The van der Waals surface area contributed by atoms with Crippen molar-refractivity contribution >= 4 is 5.91 Å². The van der Waals surface area contributed by atoms with Crippen LogP contribution in [-0.2, 0) is 4.79 Å². The minimum absolute atomic E-state index is 0.00319. The van der Waals surface area contributed by atoms with Gasteiger partial charge in [-0.3, -0.25) is 9.69 Å². The molecule has 0 aromatic carbocycles. The molecule has 0 bridgehead atoms. The van der Waals surface area contributed by atoms with Crippen molar-refractivity contribution in [3.05, 3.63) is 0 Å². The molecule has 116 valence electrons. The zero-order chi connectivity index (χ0) is 14.8. The standard InChI is InChI=1S/C15H30N4O/c1-4-17-7-9-18(10-8-17)14(20)13(2)19-6-5-15(3,11-16)12-19/h13H,4-12,16H2,1-3H3. The third-order valence-electron chi connectivity index (χ3n) is 5.12. The maximum Gasteiger partial charge on any atom is 0.239 e. The average Bonchev–Trinajstić information content (AvgIpc) is 2.89. The summed E-state index contributed by atoms with van der Waals surface area (Å²) in [5.41, 5.74) is 6.04. The van der Waals surface area contributed by atoms with Crippen molar-refractivity contribution in [2.45, 2.75) is 33.2 Å². The number of piperazine rings is 1. The summed E-state index contributed by atoms with van der Waals surface area (Å²) < 4.78 is 0. The van der Waals surface area contributed by atoms with Gasteiger partial charge in [0.05, 0.1) is 6.04 Å². The molecule has 2 atom stereocenters. The third-order valence-corrected chi connectivity index (χ3v) is 5.12. The first-order valence-corrected chi connectivity index (χ1v) is 7.94. The average molecular weight is 282 g/mol. The molecule has 5 nitrogen and oxygen atoms in total. The first kappa shape index (κ1) is 15.7. The van der Waals surface area contributed by atoms with Gasteiger partial charge in [0.25, 0.3) is 0 Å². The summed E-state index contributed by atoms with van der Waals surface area (Å²) in [6.45, 7) is 14.0. The molecule has 2 fully saturated rings. The van der Waals surface area contributed by atoms with Gasteiger partial charge in [-0.15, -0.1) is 0 Å². The van der Waals surface area contributed by atoms with Crippen LogP contribution < -0.4 is 5.73 Å². The minimum Gasteiger partial charge on any atom is -0.339 e. The lowest BCUT2D eigenvalue weighted by atomic mass is 9.90. The lowest BCUT2D eigenvalue weighted by Gasteiger charge is -2.37. The van der Waals surface area contributed by atoms with E-state index in [1.807, 2.05) is 4.90 Å². The molecule has 0 aromatic heterocycles. The monoisotopic (exact) mass is 282 g/mol. The van der Waals surface area contributed by atoms with E-state index in [-0.39, 0.29) is 11.5 Å². The molecular weight excluding hydrogens is 252 g/mol. The van der Waals surface area contributed by atoms with Gasteiger partial charge in [-0.05, 0) is 38.4 Å². The van der Waals surface area contributed by atoms with Crippen LogP contribution in [0.5, 0.6) is 0 Å². The zero-order valence-corrected chi connectivity index (χ0v) is 13.3. The predicted molar refractivity (Wildman–Crippen MR) is 81.5 cm³/mol. The molecule has 0 aromatic rings. The Morgan fingerprint density at radius 3 is 2.40 bits per heavy atom. The van der Waals surface area contributed by atoms with E-state index in [9.17, 15) is 4.79 Å². The highest BCUT2D eigenvalue weighted by atomic mass is 16.2. The first-order chi connectivity index (χ1) is 9.49. The van der Waals surface area contributed by atoms with Crippen molar-refractivity contribution in [3.63, 3.8) is 0 Å². The zero-order valence-electron chi connectivity index (χ0n) is 13.3. The number of carbonyl (C=O) groups is 1. The van der Waals surface area contributed by atoms with Gasteiger partial charge in [0, 0.05) is 32.7 Å². The van der Waals surface area contributed by atoms with Crippen LogP contribution in [0.15, 0.2) is 0 Å². The van der Waals surface area contributed by atoms with Crippen LogP contribution in [0, 0.1) is 5.41 Å². The van der Waals surface area contributed by atoms with Crippen molar-refractivity contribution in [2.24, 2.45) is 11.1 Å². The van der Waals surface area contributed by atoms with E-state index in [0.29, 0.717) is 12.5 Å². The first-order valence-electron chi connectivity index (χ1n) is 7.94. The second-order valence-corrected chi connectivity index (χ2v) is 6.67. The highest BCUT2D eigenvalue weighted by Gasteiger charge is 2.37. The van der Waals surface area contributed by atoms with Gasteiger partial charge < -0.3 is 15.5 Å². The van der Waals surface area contributed by atoms with Crippen molar-refractivity contribution in [1.82, 2.24) is 14.7 Å². The Hall–Kier alpha value is -0.650. The van der Waals surface area contributed by atoms with Gasteiger partial charge in [-0.25, -0.2) is 0 Å². The summed E-state index contributed by atoms with van der Waals surface area (Å²) in [7, 11) is 0. The van der Waals surface area contributed by atoms with Gasteiger partial charge in [0.1, 0.15) is 0 Å².